The fourth-order valence-corrected chi connectivity index (χ4v) is 2.77. The molecule has 4 heteroatoms. The van der Waals surface area contributed by atoms with Crippen LogP contribution in [0.5, 0.6) is 0 Å². The molecular formula is C17H14ClNO2. The molecule has 1 amide bonds. The van der Waals surface area contributed by atoms with Gasteiger partial charge in [-0.2, -0.15) is 0 Å². The van der Waals surface area contributed by atoms with Crippen LogP contribution in [-0.4, -0.2) is 18.2 Å². The molecular weight excluding hydrogens is 286 g/mol. The number of para-hydroxylation sites is 1. The number of fused-ring (bicyclic) bond motifs is 1. The SMILES string of the molecule is O=C1CCN(C(=O)Cc2ccccc2Cl)c2ccccc21. The van der Waals surface area contributed by atoms with Crippen LogP contribution >= 0.6 is 11.6 Å². The van der Waals surface area contributed by atoms with Crippen molar-refractivity contribution in [3.63, 3.8) is 0 Å². The number of hydrogen-bond acceptors (Lipinski definition) is 2. The zero-order valence-electron chi connectivity index (χ0n) is 11.4. The number of hydrogen-bond donors (Lipinski definition) is 0. The van der Waals surface area contributed by atoms with Crippen molar-refractivity contribution in [1.82, 2.24) is 0 Å². The first-order valence-electron chi connectivity index (χ1n) is 6.83. The molecule has 0 aromatic heterocycles. The highest BCUT2D eigenvalue weighted by Crippen LogP contribution is 2.28. The minimum Gasteiger partial charge on any atom is -0.311 e. The van der Waals surface area contributed by atoms with Gasteiger partial charge >= 0.3 is 0 Å². The molecule has 1 heterocycles. The minimum atomic E-state index is -0.0388. The first-order valence-corrected chi connectivity index (χ1v) is 7.20. The predicted octanol–water partition coefficient (Wildman–Crippen LogP) is 3.50. The van der Waals surface area contributed by atoms with Crippen LogP contribution in [0.15, 0.2) is 48.5 Å². The molecule has 2 aromatic rings. The molecule has 3 nitrogen and oxygen atoms in total. The smallest absolute Gasteiger partial charge is 0.231 e. The van der Waals surface area contributed by atoms with Crippen molar-refractivity contribution in [2.24, 2.45) is 0 Å². The van der Waals surface area contributed by atoms with E-state index in [1.165, 1.54) is 0 Å². The molecule has 0 bridgehead atoms. The van der Waals surface area contributed by atoms with Gasteiger partial charge in [-0.15, -0.1) is 0 Å². The maximum absolute atomic E-state index is 12.5. The third-order valence-corrected chi connectivity index (χ3v) is 4.03. The van der Waals surface area contributed by atoms with Crippen LogP contribution in [0.25, 0.3) is 0 Å². The summed E-state index contributed by atoms with van der Waals surface area (Å²) in [6.07, 6.45) is 0.605. The largest absolute Gasteiger partial charge is 0.311 e. The summed E-state index contributed by atoms with van der Waals surface area (Å²) >= 11 is 6.11. The van der Waals surface area contributed by atoms with E-state index < -0.39 is 0 Å². The highest BCUT2D eigenvalue weighted by Gasteiger charge is 2.26. The van der Waals surface area contributed by atoms with Gasteiger partial charge in [0.1, 0.15) is 0 Å². The number of ketones is 1. The Labute approximate surface area is 128 Å². The summed E-state index contributed by atoms with van der Waals surface area (Å²) in [7, 11) is 0. The number of benzene rings is 2. The van der Waals surface area contributed by atoms with Gasteiger partial charge in [0.15, 0.2) is 5.78 Å². The summed E-state index contributed by atoms with van der Waals surface area (Å²) in [5.41, 5.74) is 2.13. The molecule has 3 rings (SSSR count). The van der Waals surface area contributed by atoms with E-state index in [9.17, 15) is 9.59 Å². The Hall–Kier alpha value is -2.13. The predicted molar refractivity (Wildman–Crippen MR) is 82.9 cm³/mol. The van der Waals surface area contributed by atoms with Gasteiger partial charge in [0.25, 0.3) is 0 Å². The summed E-state index contributed by atoms with van der Waals surface area (Å²) in [6, 6.07) is 14.6. The van der Waals surface area contributed by atoms with Crippen LogP contribution in [0.3, 0.4) is 0 Å². The Kier molecular flexibility index (Phi) is 3.76. The molecule has 2 aromatic carbocycles. The van der Waals surface area contributed by atoms with Gasteiger partial charge in [0.05, 0.1) is 12.1 Å². The first kappa shape index (κ1) is 13.8. The molecule has 0 fully saturated rings. The number of carbonyl (C=O) groups excluding carboxylic acids is 2. The monoisotopic (exact) mass is 299 g/mol. The van der Waals surface area contributed by atoms with Crippen LogP contribution < -0.4 is 4.90 Å². The van der Waals surface area contributed by atoms with Gasteiger partial charge in [-0.1, -0.05) is 41.9 Å². The summed E-state index contributed by atoms with van der Waals surface area (Å²) in [4.78, 5) is 26.1. The average Bonchev–Trinajstić information content (AvgIpc) is 2.50. The maximum atomic E-state index is 12.5. The van der Waals surface area contributed by atoms with E-state index in [1.807, 2.05) is 36.4 Å². The van der Waals surface area contributed by atoms with E-state index >= 15 is 0 Å². The number of anilines is 1. The lowest BCUT2D eigenvalue weighted by Gasteiger charge is -2.28. The molecule has 0 saturated heterocycles. The van der Waals surface area contributed by atoms with E-state index in [0.717, 1.165) is 5.56 Å². The highest BCUT2D eigenvalue weighted by atomic mass is 35.5. The minimum absolute atomic E-state index is 0.0388. The summed E-state index contributed by atoms with van der Waals surface area (Å²) in [5.74, 6) is 0.0513. The molecule has 0 aliphatic carbocycles. The summed E-state index contributed by atoms with van der Waals surface area (Å²) < 4.78 is 0. The van der Waals surface area contributed by atoms with Gasteiger partial charge < -0.3 is 4.90 Å². The molecule has 106 valence electrons. The van der Waals surface area contributed by atoms with Crippen molar-refractivity contribution in [3.8, 4) is 0 Å². The number of carbonyl (C=O) groups is 2. The van der Waals surface area contributed by atoms with Crippen molar-refractivity contribution in [2.45, 2.75) is 12.8 Å². The topological polar surface area (TPSA) is 37.4 Å². The lowest BCUT2D eigenvalue weighted by atomic mass is 9.99. The Morgan fingerprint density at radius 3 is 2.62 bits per heavy atom. The second-order valence-electron chi connectivity index (χ2n) is 5.00. The Balaban J connectivity index is 1.88. The third kappa shape index (κ3) is 2.69. The molecule has 0 N–H and O–H groups in total. The first-order chi connectivity index (χ1) is 10.2. The highest BCUT2D eigenvalue weighted by molar-refractivity contribution is 6.31. The Bertz CT molecular complexity index is 711. The van der Waals surface area contributed by atoms with E-state index in [0.29, 0.717) is 29.2 Å². The second kappa shape index (κ2) is 5.70. The van der Waals surface area contributed by atoms with Gasteiger partial charge in [-0.05, 0) is 23.8 Å². The zero-order valence-corrected chi connectivity index (χ0v) is 12.1. The fraction of sp³-hybridized carbons (Fsp3) is 0.176. The normalized spacial score (nSPS) is 14.0. The molecule has 0 radical (unpaired) electrons. The molecule has 1 aliphatic heterocycles. The lowest BCUT2D eigenvalue weighted by molar-refractivity contribution is -0.118. The fourth-order valence-electron chi connectivity index (χ4n) is 2.57. The Morgan fingerprint density at radius 1 is 1.10 bits per heavy atom. The van der Waals surface area contributed by atoms with E-state index in [4.69, 9.17) is 11.6 Å². The van der Waals surface area contributed by atoms with Crippen molar-refractivity contribution in [1.29, 1.82) is 0 Å². The van der Waals surface area contributed by atoms with Gasteiger partial charge in [-0.25, -0.2) is 0 Å². The number of nitrogens with zero attached hydrogens (tertiary/aromatic N) is 1. The zero-order chi connectivity index (χ0) is 14.8. The number of Topliss-reactive ketones (excluding diaryl/α,β-unsaturated/α-hetero) is 1. The van der Waals surface area contributed by atoms with Crippen molar-refractivity contribution in [3.05, 3.63) is 64.7 Å². The van der Waals surface area contributed by atoms with Crippen LogP contribution in [0.4, 0.5) is 5.69 Å². The number of amides is 1. The van der Waals surface area contributed by atoms with Crippen LogP contribution in [-0.2, 0) is 11.2 Å². The molecule has 0 saturated carbocycles. The van der Waals surface area contributed by atoms with Crippen LogP contribution in [0.1, 0.15) is 22.3 Å². The van der Waals surface area contributed by atoms with Crippen LogP contribution in [0.2, 0.25) is 5.02 Å². The van der Waals surface area contributed by atoms with Gasteiger partial charge in [0, 0.05) is 23.6 Å². The van der Waals surface area contributed by atoms with E-state index in [1.54, 1.807) is 17.0 Å². The second-order valence-corrected chi connectivity index (χ2v) is 5.41. The molecule has 21 heavy (non-hydrogen) atoms. The van der Waals surface area contributed by atoms with Crippen LogP contribution in [0, 0.1) is 0 Å². The summed E-state index contributed by atoms with van der Waals surface area (Å²) in [5, 5.41) is 0.590. The standard InChI is InChI=1S/C17H14ClNO2/c18-14-7-3-1-5-12(14)11-17(21)19-10-9-16(20)13-6-2-4-8-15(13)19/h1-8H,9-11H2. The maximum Gasteiger partial charge on any atom is 0.231 e. The quantitative estimate of drug-likeness (QED) is 0.851. The number of rotatable bonds is 2. The molecule has 1 aliphatic rings. The van der Waals surface area contributed by atoms with Gasteiger partial charge in [-0.3, -0.25) is 9.59 Å². The van der Waals surface area contributed by atoms with Gasteiger partial charge in [0.2, 0.25) is 5.91 Å². The van der Waals surface area contributed by atoms with Crippen molar-refractivity contribution < 1.29 is 9.59 Å². The number of halogens is 1. The summed E-state index contributed by atoms with van der Waals surface area (Å²) in [6.45, 7) is 0.430. The average molecular weight is 300 g/mol. The molecule has 0 unspecified atom stereocenters. The molecule has 0 atom stereocenters. The van der Waals surface area contributed by atoms with E-state index in [-0.39, 0.29) is 18.1 Å². The lowest BCUT2D eigenvalue weighted by Crippen LogP contribution is -2.38. The molecule has 0 spiro atoms. The Morgan fingerprint density at radius 2 is 1.81 bits per heavy atom. The van der Waals surface area contributed by atoms with Crippen molar-refractivity contribution >= 4 is 29.0 Å². The van der Waals surface area contributed by atoms with Crippen molar-refractivity contribution in [2.75, 3.05) is 11.4 Å². The third-order valence-electron chi connectivity index (χ3n) is 3.66. The van der Waals surface area contributed by atoms with E-state index in [2.05, 4.69) is 0 Å².